The third kappa shape index (κ3) is 5.80. The normalized spacial score (nSPS) is 17.2. The molecule has 2 N–H and O–H groups in total. The number of carbonyl (C=O) groups excluding carboxylic acids is 1. The molecule has 0 aromatic heterocycles. The molecule has 1 aliphatic rings. The first-order valence-corrected chi connectivity index (χ1v) is 8.60. The monoisotopic (exact) mass is 302 g/mol. The van der Waals surface area contributed by atoms with Gasteiger partial charge in [-0.15, -0.1) is 0 Å². The van der Waals surface area contributed by atoms with Crippen molar-refractivity contribution < 1.29 is 4.79 Å². The van der Waals surface area contributed by atoms with Gasteiger partial charge in [-0.25, -0.2) is 0 Å². The SMILES string of the molecule is Cc1ccc(CCCCC(=O)NCC2(C)CCNCC2)cc1. The highest BCUT2D eigenvalue weighted by Gasteiger charge is 2.26. The Morgan fingerprint density at radius 3 is 2.55 bits per heavy atom. The second kappa shape index (κ2) is 8.33. The van der Waals surface area contributed by atoms with Crippen LogP contribution in [0, 0.1) is 12.3 Å². The van der Waals surface area contributed by atoms with Crippen molar-refractivity contribution in [1.82, 2.24) is 10.6 Å². The van der Waals surface area contributed by atoms with Gasteiger partial charge in [-0.3, -0.25) is 4.79 Å². The summed E-state index contributed by atoms with van der Waals surface area (Å²) in [6.45, 7) is 7.36. The standard InChI is InChI=1S/C19H30N2O/c1-16-7-9-17(10-8-16)5-3-4-6-18(22)21-15-19(2)11-13-20-14-12-19/h7-10,20H,3-6,11-15H2,1-2H3,(H,21,22). The molecule has 3 heteroatoms. The minimum atomic E-state index is 0.212. The molecule has 2 rings (SSSR count). The molecule has 1 amide bonds. The Labute approximate surface area is 134 Å². The molecule has 0 saturated carbocycles. The molecule has 1 aliphatic heterocycles. The van der Waals surface area contributed by atoms with Crippen LogP contribution in [0.15, 0.2) is 24.3 Å². The van der Waals surface area contributed by atoms with Crippen LogP contribution in [0.4, 0.5) is 0 Å². The van der Waals surface area contributed by atoms with E-state index in [0.29, 0.717) is 6.42 Å². The van der Waals surface area contributed by atoms with Crippen LogP contribution in [0.1, 0.15) is 50.2 Å². The Balaban J connectivity index is 1.58. The predicted molar refractivity (Wildman–Crippen MR) is 92.0 cm³/mol. The Morgan fingerprint density at radius 1 is 1.18 bits per heavy atom. The smallest absolute Gasteiger partial charge is 0.220 e. The number of aryl methyl sites for hydroxylation is 2. The second-order valence-corrected chi connectivity index (χ2v) is 7.03. The topological polar surface area (TPSA) is 41.1 Å². The minimum Gasteiger partial charge on any atom is -0.356 e. The molecule has 0 aliphatic carbocycles. The van der Waals surface area contributed by atoms with Gasteiger partial charge < -0.3 is 10.6 Å². The molecule has 1 heterocycles. The molecular weight excluding hydrogens is 272 g/mol. The van der Waals surface area contributed by atoms with E-state index in [1.807, 2.05) is 0 Å². The predicted octanol–water partition coefficient (Wildman–Crippen LogP) is 3.21. The number of hydrogen-bond donors (Lipinski definition) is 2. The van der Waals surface area contributed by atoms with Crippen LogP contribution in [0.3, 0.4) is 0 Å². The number of piperidine rings is 1. The number of nitrogens with one attached hydrogen (secondary N) is 2. The summed E-state index contributed by atoms with van der Waals surface area (Å²) >= 11 is 0. The van der Waals surface area contributed by atoms with Gasteiger partial charge in [0.25, 0.3) is 0 Å². The molecule has 0 unspecified atom stereocenters. The summed E-state index contributed by atoms with van der Waals surface area (Å²) < 4.78 is 0. The quantitative estimate of drug-likeness (QED) is 0.759. The lowest BCUT2D eigenvalue weighted by atomic mass is 9.81. The Bertz CT molecular complexity index is 461. The molecule has 0 radical (unpaired) electrons. The first kappa shape index (κ1) is 17.0. The fourth-order valence-corrected chi connectivity index (χ4v) is 2.98. The van der Waals surface area contributed by atoms with E-state index in [-0.39, 0.29) is 11.3 Å². The van der Waals surface area contributed by atoms with Crippen molar-refractivity contribution in [2.24, 2.45) is 5.41 Å². The third-order valence-electron chi connectivity index (χ3n) is 4.76. The molecule has 0 atom stereocenters. The molecule has 1 aromatic carbocycles. The highest BCUT2D eigenvalue weighted by molar-refractivity contribution is 5.75. The van der Waals surface area contributed by atoms with Crippen LogP contribution in [-0.2, 0) is 11.2 Å². The van der Waals surface area contributed by atoms with E-state index in [2.05, 4.69) is 48.7 Å². The van der Waals surface area contributed by atoms with Crippen molar-refractivity contribution in [3.8, 4) is 0 Å². The van der Waals surface area contributed by atoms with E-state index in [4.69, 9.17) is 0 Å². The summed E-state index contributed by atoms with van der Waals surface area (Å²) in [5, 5.41) is 6.51. The molecule has 0 spiro atoms. The van der Waals surface area contributed by atoms with E-state index in [0.717, 1.165) is 51.7 Å². The zero-order valence-electron chi connectivity index (χ0n) is 14.1. The average Bonchev–Trinajstić information content (AvgIpc) is 2.52. The first-order valence-electron chi connectivity index (χ1n) is 8.60. The number of benzene rings is 1. The summed E-state index contributed by atoms with van der Waals surface area (Å²) in [5.41, 5.74) is 2.95. The van der Waals surface area contributed by atoms with Gasteiger partial charge >= 0.3 is 0 Å². The molecule has 122 valence electrons. The summed E-state index contributed by atoms with van der Waals surface area (Å²) in [7, 11) is 0. The highest BCUT2D eigenvalue weighted by Crippen LogP contribution is 2.26. The Hall–Kier alpha value is -1.35. The van der Waals surface area contributed by atoms with Crippen molar-refractivity contribution >= 4 is 5.91 Å². The number of amides is 1. The minimum absolute atomic E-state index is 0.212. The van der Waals surface area contributed by atoms with Gasteiger partial charge in [0.15, 0.2) is 0 Å². The van der Waals surface area contributed by atoms with Gasteiger partial charge in [-0.1, -0.05) is 36.8 Å². The summed E-state index contributed by atoms with van der Waals surface area (Å²) in [4.78, 5) is 12.0. The maximum Gasteiger partial charge on any atom is 0.220 e. The lowest BCUT2D eigenvalue weighted by Crippen LogP contribution is -2.42. The van der Waals surface area contributed by atoms with Crippen LogP contribution in [-0.4, -0.2) is 25.5 Å². The molecule has 1 saturated heterocycles. The van der Waals surface area contributed by atoms with Crippen molar-refractivity contribution in [3.63, 3.8) is 0 Å². The fraction of sp³-hybridized carbons (Fsp3) is 0.632. The Morgan fingerprint density at radius 2 is 1.86 bits per heavy atom. The lowest BCUT2D eigenvalue weighted by molar-refractivity contribution is -0.121. The average molecular weight is 302 g/mol. The van der Waals surface area contributed by atoms with E-state index in [1.54, 1.807) is 0 Å². The fourth-order valence-electron chi connectivity index (χ4n) is 2.98. The van der Waals surface area contributed by atoms with Crippen LogP contribution >= 0.6 is 0 Å². The number of unbranched alkanes of at least 4 members (excludes halogenated alkanes) is 1. The molecule has 3 nitrogen and oxygen atoms in total. The van der Waals surface area contributed by atoms with Gasteiger partial charge in [-0.05, 0) is 63.1 Å². The van der Waals surface area contributed by atoms with Crippen LogP contribution < -0.4 is 10.6 Å². The number of rotatable bonds is 7. The Kier molecular flexibility index (Phi) is 6.44. The number of carbonyl (C=O) groups is 1. The lowest BCUT2D eigenvalue weighted by Gasteiger charge is -2.34. The summed E-state index contributed by atoms with van der Waals surface area (Å²) in [6.07, 6.45) is 6.08. The summed E-state index contributed by atoms with van der Waals surface area (Å²) in [6, 6.07) is 8.68. The first-order chi connectivity index (χ1) is 10.6. The third-order valence-corrected chi connectivity index (χ3v) is 4.76. The van der Waals surface area contributed by atoms with Gasteiger partial charge in [0, 0.05) is 13.0 Å². The van der Waals surface area contributed by atoms with Gasteiger partial charge in [-0.2, -0.15) is 0 Å². The van der Waals surface area contributed by atoms with Gasteiger partial charge in [0.2, 0.25) is 5.91 Å². The van der Waals surface area contributed by atoms with Gasteiger partial charge in [0.1, 0.15) is 0 Å². The van der Waals surface area contributed by atoms with Crippen molar-refractivity contribution in [2.45, 2.75) is 52.4 Å². The molecule has 22 heavy (non-hydrogen) atoms. The van der Waals surface area contributed by atoms with Crippen LogP contribution in [0.2, 0.25) is 0 Å². The number of hydrogen-bond acceptors (Lipinski definition) is 2. The van der Waals surface area contributed by atoms with E-state index in [1.165, 1.54) is 11.1 Å². The van der Waals surface area contributed by atoms with Crippen LogP contribution in [0.5, 0.6) is 0 Å². The molecule has 1 fully saturated rings. The maximum absolute atomic E-state index is 12.0. The van der Waals surface area contributed by atoms with Crippen molar-refractivity contribution in [3.05, 3.63) is 35.4 Å². The molecular formula is C19H30N2O. The van der Waals surface area contributed by atoms with Crippen molar-refractivity contribution in [2.75, 3.05) is 19.6 Å². The molecule has 0 bridgehead atoms. The largest absolute Gasteiger partial charge is 0.356 e. The maximum atomic E-state index is 12.0. The van der Waals surface area contributed by atoms with Crippen LogP contribution in [0.25, 0.3) is 0 Å². The molecule has 1 aromatic rings. The van der Waals surface area contributed by atoms with Gasteiger partial charge in [0.05, 0.1) is 0 Å². The second-order valence-electron chi connectivity index (χ2n) is 7.03. The van der Waals surface area contributed by atoms with E-state index < -0.39 is 0 Å². The van der Waals surface area contributed by atoms with E-state index in [9.17, 15) is 4.79 Å². The van der Waals surface area contributed by atoms with Crippen molar-refractivity contribution in [1.29, 1.82) is 0 Å². The highest BCUT2D eigenvalue weighted by atomic mass is 16.1. The zero-order chi connectivity index (χ0) is 15.8. The van der Waals surface area contributed by atoms with E-state index >= 15 is 0 Å². The zero-order valence-corrected chi connectivity index (χ0v) is 14.1. The summed E-state index contributed by atoms with van der Waals surface area (Å²) in [5.74, 6) is 0.212.